The number of hydrogen-bond donors (Lipinski definition) is 1. The fourth-order valence-corrected chi connectivity index (χ4v) is 1.86. The van der Waals surface area contributed by atoms with Crippen LogP contribution in [-0.2, 0) is 15.7 Å². The van der Waals surface area contributed by atoms with E-state index < -0.39 is 47.3 Å². The van der Waals surface area contributed by atoms with Crippen LogP contribution in [0.5, 0.6) is 0 Å². The summed E-state index contributed by atoms with van der Waals surface area (Å²) in [6.45, 7) is -1.14. The van der Waals surface area contributed by atoms with Gasteiger partial charge in [0, 0.05) is 5.56 Å². The van der Waals surface area contributed by atoms with Crippen molar-refractivity contribution in [2.75, 3.05) is 6.67 Å². The van der Waals surface area contributed by atoms with Crippen molar-refractivity contribution in [2.24, 2.45) is 5.73 Å². The number of carbonyl (C=O) groups excluding carboxylic acids is 1. The van der Waals surface area contributed by atoms with Crippen LogP contribution >= 0.6 is 0 Å². The maximum absolute atomic E-state index is 12.8. The normalized spacial score (nSPS) is 19.8. The molecule has 102 valence electrons. The smallest absolute Gasteiger partial charge is 0.417 e. The zero-order valence-corrected chi connectivity index (χ0v) is 9.50. The topological polar surface area (TPSA) is 52.3 Å². The first-order chi connectivity index (χ1) is 8.86. The largest absolute Gasteiger partial charge is 0.464 e. The minimum absolute atomic E-state index is 0.395. The summed E-state index contributed by atoms with van der Waals surface area (Å²) in [5.74, 6) is -1.36. The van der Waals surface area contributed by atoms with Gasteiger partial charge in [-0.15, -0.1) is 0 Å². The van der Waals surface area contributed by atoms with E-state index in [-0.39, 0.29) is 0 Å². The van der Waals surface area contributed by atoms with E-state index in [1.54, 1.807) is 0 Å². The third kappa shape index (κ3) is 2.27. The molecule has 0 bridgehead atoms. The SMILES string of the molecule is NC1=C(c2ccccc2C(F)(F)F)C(=O)C(CF)O1. The van der Waals surface area contributed by atoms with Crippen molar-refractivity contribution in [1.82, 2.24) is 0 Å². The van der Waals surface area contributed by atoms with Gasteiger partial charge in [-0.2, -0.15) is 13.2 Å². The summed E-state index contributed by atoms with van der Waals surface area (Å²) in [5, 5.41) is 0. The van der Waals surface area contributed by atoms with E-state index in [1.165, 1.54) is 12.1 Å². The second-order valence-electron chi connectivity index (χ2n) is 3.91. The molecular weight excluding hydrogens is 266 g/mol. The Morgan fingerprint density at radius 1 is 1.26 bits per heavy atom. The van der Waals surface area contributed by atoms with Crippen LogP contribution in [-0.4, -0.2) is 18.6 Å². The molecule has 1 aromatic carbocycles. The molecule has 0 fully saturated rings. The van der Waals surface area contributed by atoms with Crippen molar-refractivity contribution >= 4 is 11.4 Å². The summed E-state index contributed by atoms with van der Waals surface area (Å²) < 4.78 is 55.8. The average Bonchev–Trinajstić information content (AvgIpc) is 2.63. The molecule has 1 aromatic rings. The van der Waals surface area contributed by atoms with Gasteiger partial charge >= 0.3 is 6.18 Å². The number of hydrogen-bond acceptors (Lipinski definition) is 3. The summed E-state index contributed by atoms with van der Waals surface area (Å²) in [4.78, 5) is 11.8. The highest BCUT2D eigenvalue weighted by atomic mass is 19.4. The third-order valence-electron chi connectivity index (χ3n) is 2.70. The van der Waals surface area contributed by atoms with Crippen molar-refractivity contribution < 1.29 is 27.1 Å². The van der Waals surface area contributed by atoms with Crippen LogP contribution in [0, 0.1) is 0 Å². The predicted octanol–water partition coefficient (Wildman–Crippen LogP) is 2.27. The van der Waals surface area contributed by atoms with Gasteiger partial charge in [0.05, 0.1) is 11.1 Å². The molecule has 1 unspecified atom stereocenters. The first-order valence-electron chi connectivity index (χ1n) is 5.29. The van der Waals surface area contributed by atoms with Crippen molar-refractivity contribution in [3.63, 3.8) is 0 Å². The fraction of sp³-hybridized carbons (Fsp3) is 0.250. The maximum atomic E-state index is 12.8. The Morgan fingerprint density at radius 3 is 2.42 bits per heavy atom. The predicted molar refractivity (Wildman–Crippen MR) is 58.4 cm³/mol. The first kappa shape index (κ1) is 13.4. The lowest BCUT2D eigenvalue weighted by Gasteiger charge is -2.12. The molecule has 0 amide bonds. The van der Waals surface area contributed by atoms with Gasteiger partial charge in [0.25, 0.3) is 0 Å². The Balaban J connectivity index is 2.55. The molecule has 1 aliphatic rings. The minimum atomic E-state index is -4.64. The van der Waals surface area contributed by atoms with Crippen LogP contribution < -0.4 is 5.73 Å². The van der Waals surface area contributed by atoms with Gasteiger partial charge in [-0.1, -0.05) is 18.2 Å². The van der Waals surface area contributed by atoms with Gasteiger partial charge in [0.1, 0.15) is 6.67 Å². The van der Waals surface area contributed by atoms with E-state index in [0.29, 0.717) is 0 Å². The third-order valence-corrected chi connectivity index (χ3v) is 2.70. The lowest BCUT2D eigenvalue weighted by atomic mass is 9.96. The molecule has 19 heavy (non-hydrogen) atoms. The molecule has 1 aliphatic heterocycles. The van der Waals surface area contributed by atoms with Crippen molar-refractivity contribution in [1.29, 1.82) is 0 Å². The van der Waals surface area contributed by atoms with Crippen LogP contribution in [0.15, 0.2) is 30.1 Å². The molecule has 0 aliphatic carbocycles. The van der Waals surface area contributed by atoms with Gasteiger partial charge in [-0.05, 0) is 6.07 Å². The van der Waals surface area contributed by atoms with Gasteiger partial charge in [-0.25, -0.2) is 4.39 Å². The Hall–Kier alpha value is -2.05. The van der Waals surface area contributed by atoms with Crippen LogP contribution in [0.1, 0.15) is 11.1 Å². The fourth-order valence-electron chi connectivity index (χ4n) is 1.86. The first-order valence-corrected chi connectivity index (χ1v) is 5.29. The zero-order chi connectivity index (χ0) is 14.2. The van der Waals surface area contributed by atoms with E-state index in [1.807, 2.05) is 0 Å². The second kappa shape index (κ2) is 4.56. The molecule has 0 aromatic heterocycles. The highest BCUT2D eigenvalue weighted by molar-refractivity contribution is 6.25. The minimum Gasteiger partial charge on any atom is -0.464 e. The molecule has 2 N–H and O–H groups in total. The highest BCUT2D eigenvalue weighted by Gasteiger charge is 2.40. The molecule has 2 rings (SSSR count). The molecule has 0 saturated heterocycles. The molecule has 1 heterocycles. The molecular formula is C12H9F4NO2. The lowest BCUT2D eigenvalue weighted by molar-refractivity contribution is -0.137. The van der Waals surface area contributed by atoms with Crippen LogP contribution in [0.4, 0.5) is 17.6 Å². The van der Waals surface area contributed by atoms with E-state index in [2.05, 4.69) is 0 Å². The molecule has 3 nitrogen and oxygen atoms in total. The van der Waals surface area contributed by atoms with Crippen LogP contribution in [0.3, 0.4) is 0 Å². The Bertz CT molecular complexity index is 551. The van der Waals surface area contributed by atoms with Crippen molar-refractivity contribution in [2.45, 2.75) is 12.3 Å². The second-order valence-corrected chi connectivity index (χ2v) is 3.91. The summed E-state index contributed by atoms with van der Waals surface area (Å²) in [6.07, 6.45) is -6.10. The number of carbonyl (C=O) groups is 1. The lowest BCUT2D eigenvalue weighted by Crippen LogP contribution is -2.21. The molecule has 0 radical (unpaired) electrons. The zero-order valence-electron chi connectivity index (χ0n) is 9.50. The summed E-state index contributed by atoms with van der Waals surface area (Å²) in [6, 6.07) is 4.45. The van der Waals surface area contributed by atoms with Gasteiger partial charge in [-0.3, -0.25) is 4.79 Å². The average molecular weight is 275 g/mol. The Labute approximate surface area is 105 Å². The summed E-state index contributed by atoms with van der Waals surface area (Å²) >= 11 is 0. The van der Waals surface area contributed by atoms with Crippen LogP contribution in [0.2, 0.25) is 0 Å². The summed E-state index contributed by atoms with van der Waals surface area (Å²) in [7, 11) is 0. The monoisotopic (exact) mass is 275 g/mol. The highest BCUT2D eigenvalue weighted by Crippen LogP contribution is 2.38. The van der Waals surface area contributed by atoms with Gasteiger partial charge in [0.15, 0.2) is 12.0 Å². The Kier molecular flexibility index (Phi) is 3.21. The summed E-state index contributed by atoms with van der Waals surface area (Å²) in [5.41, 5.74) is 3.56. The van der Waals surface area contributed by atoms with Crippen molar-refractivity contribution in [3.05, 3.63) is 41.3 Å². The Morgan fingerprint density at radius 2 is 1.89 bits per heavy atom. The van der Waals surface area contributed by atoms with Crippen LogP contribution in [0.25, 0.3) is 5.57 Å². The standard InChI is InChI=1S/C12H9F4NO2/c13-5-8-10(18)9(11(17)19-8)6-3-1-2-4-7(6)12(14,15)16/h1-4,8H,5,17H2. The van der Waals surface area contributed by atoms with Crippen molar-refractivity contribution in [3.8, 4) is 0 Å². The van der Waals surface area contributed by atoms with Gasteiger partial charge < -0.3 is 10.5 Å². The van der Waals surface area contributed by atoms with E-state index in [0.717, 1.165) is 12.1 Å². The number of nitrogens with two attached hydrogens (primary N) is 1. The maximum Gasteiger partial charge on any atom is 0.417 e. The number of halogens is 4. The molecule has 7 heteroatoms. The van der Waals surface area contributed by atoms with Gasteiger partial charge in [0.2, 0.25) is 5.78 Å². The quantitative estimate of drug-likeness (QED) is 0.842. The van der Waals surface area contributed by atoms with E-state index >= 15 is 0 Å². The molecule has 0 spiro atoms. The van der Waals surface area contributed by atoms with E-state index in [4.69, 9.17) is 10.5 Å². The number of alkyl halides is 4. The number of ether oxygens (including phenoxy) is 1. The molecule has 0 saturated carbocycles. The number of ketones is 1. The van der Waals surface area contributed by atoms with E-state index in [9.17, 15) is 22.4 Å². The number of Topliss-reactive ketones (excluding diaryl/α,β-unsaturated/α-hetero) is 1. The number of benzene rings is 1. The number of rotatable bonds is 2. The molecule has 1 atom stereocenters.